The molecule has 19 heavy (non-hydrogen) atoms. The van der Waals surface area contributed by atoms with Gasteiger partial charge in [-0.3, -0.25) is 0 Å². The second kappa shape index (κ2) is 4.74. The van der Waals surface area contributed by atoms with Crippen molar-refractivity contribution >= 4 is 11.5 Å². The Labute approximate surface area is 113 Å². The van der Waals surface area contributed by atoms with Gasteiger partial charge in [0.15, 0.2) is 0 Å². The van der Waals surface area contributed by atoms with E-state index in [4.69, 9.17) is 5.26 Å². The number of anilines is 2. The Morgan fingerprint density at radius 1 is 1.26 bits per heavy atom. The van der Waals surface area contributed by atoms with Crippen LogP contribution in [0.2, 0.25) is 0 Å². The van der Waals surface area contributed by atoms with Crippen molar-refractivity contribution in [1.82, 2.24) is 4.98 Å². The van der Waals surface area contributed by atoms with Crippen LogP contribution in [0.5, 0.6) is 0 Å². The molecule has 1 aliphatic heterocycles. The van der Waals surface area contributed by atoms with Gasteiger partial charge in [-0.1, -0.05) is 17.7 Å². The minimum Gasteiger partial charge on any atom is -0.326 e. The number of aromatic nitrogens is 1. The molecule has 0 aliphatic carbocycles. The Morgan fingerprint density at radius 2 is 2.16 bits per heavy atom. The van der Waals surface area contributed by atoms with Gasteiger partial charge in [0.1, 0.15) is 11.9 Å². The van der Waals surface area contributed by atoms with Crippen molar-refractivity contribution < 1.29 is 0 Å². The minimum absolute atomic E-state index is 0.602. The second-order valence-corrected chi connectivity index (χ2v) is 4.90. The molecule has 2 heterocycles. The number of rotatable bonds is 1. The Hall–Kier alpha value is -2.34. The summed E-state index contributed by atoms with van der Waals surface area (Å²) in [6.45, 7) is 3.11. The first-order valence-electron chi connectivity index (χ1n) is 6.51. The lowest BCUT2D eigenvalue weighted by Gasteiger charge is -2.30. The monoisotopic (exact) mass is 249 g/mol. The van der Waals surface area contributed by atoms with Gasteiger partial charge in [-0.2, -0.15) is 5.26 Å². The molecule has 0 unspecified atom stereocenters. The quantitative estimate of drug-likeness (QED) is 0.778. The zero-order chi connectivity index (χ0) is 13.2. The number of hydrogen-bond donors (Lipinski definition) is 0. The molecule has 0 radical (unpaired) electrons. The summed E-state index contributed by atoms with van der Waals surface area (Å²) in [4.78, 5) is 6.63. The predicted molar refractivity (Wildman–Crippen MR) is 75.5 cm³/mol. The number of hydrogen-bond acceptors (Lipinski definition) is 3. The first kappa shape index (κ1) is 11.7. The molecule has 0 bridgehead atoms. The van der Waals surface area contributed by atoms with Crippen molar-refractivity contribution in [2.75, 3.05) is 11.4 Å². The van der Waals surface area contributed by atoms with Crippen LogP contribution < -0.4 is 4.90 Å². The van der Waals surface area contributed by atoms with Crippen LogP contribution in [0.4, 0.5) is 11.5 Å². The number of nitriles is 1. The fraction of sp³-hybridized carbons (Fsp3) is 0.250. The van der Waals surface area contributed by atoms with Gasteiger partial charge in [0.05, 0.1) is 5.56 Å². The molecular weight excluding hydrogens is 234 g/mol. The van der Waals surface area contributed by atoms with E-state index in [2.05, 4.69) is 41.1 Å². The number of aryl methyl sites for hydroxylation is 2. The third kappa shape index (κ3) is 2.17. The van der Waals surface area contributed by atoms with Crippen LogP contribution in [0.15, 0.2) is 36.5 Å². The maximum atomic E-state index is 8.82. The van der Waals surface area contributed by atoms with E-state index in [1.165, 1.54) is 16.8 Å². The van der Waals surface area contributed by atoms with E-state index in [0.29, 0.717) is 5.56 Å². The van der Waals surface area contributed by atoms with E-state index in [-0.39, 0.29) is 0 Å². The largest absolute Gasteiger partial charge is 0.326 e. The van der Waals surface area contributed by atoms with E-state index in [1.807, 2.05) is 12.1 Å². The summed E-state index contributed by atoms with van der Waals surface area (Å²) < 4.78 is 0. The fourth-order valence-corrected chi connectivity index (χ4v) is 2.58. The average molecular weight is 249 g/mol. The summed E-state index contributed by atoms with van der Waals surface area (Å²) in [7, 11) is 0. The predicted octanol–water partition coefficient (Wildman–Crippen LogP) is 3.35. The van der Waals surface area contributed by atoms with Crippen LogP contribution in [-0.4, -0.2) is 11.5 Å². The number of pyridine rings is 1. The first-order chi connectivity index (χ1) is 9.28. The van der Waals surface area contributed by atoms with Crippen molar-refractivity contribution in [1.29, 1.82) is 5.26 Å². The molecule has 1 aromatic carbocycles. The molecule has 1 aromatic heterocycles. The summed E-state index contributed by atoms with van der Waals surface area (Å²) in [6, 6.07) is 12.4. The van der Waals surface area contributed by atoms with Crippen molar-refractivity contribution in [3.63, 3.8) is 0 Å². The van der Waals surface area contributed by atoms with Crippen LogP contribution in [0.25, 0.3) is 0 Å². The van der Waals surface area contributed by atoms with Gasteiger partial charge in [0, 0.05) is 18.4 Å². The van der Waals surface area contributed by atoms with Crippen molar-refractivity contribution in [2.24, 2.45) is 0 Å². The molecule has 3 heteroatoms. The normalized spacial score (nSPS) is 13.8. The molecule has 3 nitrogen and oxygen atoms in total. The molecule has 2 aromatic rings. The molecule has 94 valence electrons. The van der Waals surface area contributed by atoms with Gasteiger partial charge in [-0.25, -0.2) is 4.98 Å². The molecule has 0 saturated carbocycles. The SMILES string of the molecule is Cc1ccc2c(c1)CCCN2c1ccc(C#N)cn1. The van der Waals surface area contributed by atoms with E-state index < -0.39 is 0 Å². The Balaban J connectivity index is 2.01. The molecule has 0 fully saturated rings. The molecule has 0 atom stereocenters. The van der Waals surface area contributed by atoms with Crippen LogP contribution in [-0.2, 0) is 6.42 Å². The van der Waals surface area contributed by atoms with E-state index >= 15 is 0 Å². The average Bonchev–Trinajstić information content (AvgIpc) is 2.46. The van der Waals surface area contributed by atoms with Gasteiger partial charge in [0.25, 0.3) is 0 Å². The zero-order valence-corrected chi connectivity index (χ0v) is 10.9. The first-order valence-corrected chi connectivity index (χ1v) is 6.51. The minimum atomic E-state index is 0.602. The highest BCUT2D eigenvalue weighted by Crippen LogP contribution is 2.32. The molecule has 0 N–H and O–H groups in total. The van der Waals surface area contributed by atoms with E-state index in [9.17, 15) is 0 Å². The molecule has 0 amide bonds. The molecule has 3 rings (SSSR count). The Kier molecular flexibility index (Phi) is 2.92. The molecule has 1 aliphatic rings. The topological polar surface area (TPSA) is 39.9 Å². The van der Waals surface area contributed by atoms with Crippen molar-refractivity contribution in [3.8, 4) is 6.07 Å². The smallest absolute Gasteiger partial charge is 0.133 e. The lowest BCUT2D eigenvalue weighted by molar-refractivity contribution is 0.759. The van der Waals surface area contributed by atoms with Gasteiger partial charge in [0.2, 0.25) is 0 Å². The molecule has 0 spiro atoms. The second-order valence-electron chi connectivity index (χ2n) is 4.90. The van der Waals surface area contributed by atoms with Gasteiger partial charge in [-0.15, -0.1) is 0 Å². The fourth-order valence-electron chi connectivity index (χ4n) is 2.58. The lowest BCUT2D eigenvalue weighted by Crippen LogP contribution is -2.25. The summed E-state index contributed by atoms with van der Waals surface area (Å²) in [5, 5.41) is 8.82. The summed E-state index contributed by atoms with van der Waals surface area (Å²) in [5.74, 6) is 0.920. The molecule has 0 saturated heterocycles. The Bertz CT molecular complexity index is 638. The van der Waals surface area contributed by atoms with Gasteiger partial charge in [-0.05, 0) is 43.5 Å². The van der Waals surface area contributed by atoms with E-state index in [0.717, 1.165) is 25.2 Å². The van der Waals surface area contributed by atoms with Crippen LogP contribution >= 0.6 is 0 Å². The highest BCUT2D eigenvalue weighted by atomic mass is 15.2. The lowest BCUT2D eigenvalue weighted by atomic mass is 9.99. The Morgan fingerprint density at radius 3 is 2.89 bits per heavy atom. The van der Waals surface area contributed by atoms with Crippen molar-refractivity contribution in [3.05, 3.63) is 53.2 Å². The summed E-state index contributed by atoms with van der Waals surface area (Å²) >= 11 is 0. The standard InChI is InChI=1S/C16H15N3/c1-12-4-6-15-14(9-12)3-2-8-19(15)16-7-5-13(10-17)11-18-16/h4-7,9,11H,2-3,8H2,1H3. The van der Waals surface area contributed by atoms with Gasteiger partial charge < -0.3 is 4.90 Å². The van der Waals surface area contributed by atoms with Crippen LogP contribution in [0.3, 0.4) is 0 Å². The van der Waals surface area contributed by atoms with Gasteiger partial charge >= 0.3 is 0 Å². The third-order valence-electron chi connectivity index (χ3n) is 3.51. The maximum Gasteiger partial charge on any atom is 0.133 e. The van der Waals surface area contributed by atoms with Crippen LogP contribution in [0.1, 0.15) is 23.1 Å². The summed E-state index contributed by atoms with van der Waals surface area (Å²) in [6.07, 6.45) is 3.90. The maximum absolute atomic E-state index is 8.82. The third-order valence-corrected chi connectivity index (χ3v) is 3.51. The highest BCUT2D eigenvalue weighted by molar-refractivity contribution is 5.66. The van der Waals surface area contributed by atoms with E-state index in [1.54, 1.807) is 6.20 Å². The molecular formula is C16H15N3. The number of fused-ring (bicyclic) bond motifs is 1. The highest BCUT2D eigenvalue weighted by Gasteiger charge is 2.18. The summed E-state index contributed by atoms with van der Waals surface area (Å²) in [5.41, 5.74) is 4.53. The van der Waals surface area contributed by atoms with Crippen molar-refractivity contribution in [2.45, 2.75) is 19.8 Å². The van der Waals surface area contributed by atoms with Crippen LogP contribution in [0, 0.1) is 18.3 Å². The number of nitrogens with zero attached hydrogens (tertiary/aromatic N) is 3. The zero-order valence-electron chi connectivity index (χ0n) is 10.9. The number of benzene rings is 1.